The number of aryl methyl sites for hydroxylation is 1. The van der Waals surface area contributed by atoms with E-state index in [1.807, 2.05) is 6.92 Å². The van der Waals surface area contributed by atoms with Gasteiger partial charge in [-0.1, -0.05) is 46.4 Å². The minimum absolute atomic E-state index is 0.394. The molecule has 19 heavy (non-hydrogen) atoms. The lowest BCUT2D eigenvalue weighted by atomic mass is 10.3. The summed E-state index contributed by atoms with van der Waals surface area (Å²) in [5.74, 6) is 1.15. The van der Waals surface area contributed by atoms with E-state index in [1.54, 1.807) is 19.1 Å². The van der Waals surface area contributed by atoms with Crippen molar-refractivity contribution >= 4 is 57.9 Å². The molecule has 2 rings (SSSR count). The molecule has 100 valence electrons. The Morgan fingerprint density at radius 3 is 2.21 bits per heavy atom. The summed E-state index contributed by atoms with van der Waals surface area (Å²) in [6.45, 7) is 3.57. The van der Waals surface area contributed by atoms with Crippen molar-refractivity contribution in [2.45, 2.75) is 13.8 Å². The summed E-state index contributed by atoms with van der Waals surface area (Å²) in [6, 6.07) is 3.20. The smallest absolute Gasteiger partial charge is 0.138 e. The number of halogens is 4. The van der Waals surface area contributed by atoms with Crippen LogP contribution in [0.25, 0.3) is 0 Å². The molecule has 1 aromatic carbocycles. The molecule has 1 aromatic heterocycles. The highest BCUT2D eigenvalue weighted by Crippen LogP contribution is 2.34. The maximum Gasteiger partial charge on any atom is 0.138 e. The molecule has 0 saturated carbocycles. The van der Waals surface area contributed by atoms with E-state index in [1.165, 1.54) is 0 Å². The molecule has 0 amide bonds. The Balaban J connectivity index is 2.44. The molecule has 0 radical (unpaired) electrons. The maximum absolute atomic E-state index is 6.10. The summed E-state index contributed by atoms with van der Waals surface area (Å²) >= 11 is 24.0. The summed E-state index contributed by atoms with van der Waals surface area (Å²) in [7, 11) is 0. The molecule has 0 atom stereocenters. The van der Waals surface area contributed by atoms with Gasteiger partial charge in [-0.15, -0.1) is 0 Å². The van der Waals surface area contributed by atoms with E-state index in [-0.39, 0.29) is 0 Å². The Bertz CT molecular complexity index is 643. The molecule has 0 aliphatic heterocycles. The van der Waals surface area contributed by atoms with Crippen molar-refractivity contribution in [2.75, 3.05) is 5.32 Å². The van der Waals surface area contributed by atoms with Gasteiger partial charge >= 0.3 is 0 Å². The predicted molar refractivity (Wildman–Crippen MR) is 81.3 cm³/mol. The topological polar surface area (TPSA) is 37.8 Å². The van der Waals surface area contributed by atoms with Gasteiger partial charge in [-0.2, -0.15) is 0 Å². The Hall–Kier alpha value is -0.740. The van der Waals surface area contributed by atoms with E-state index in [0.29, 0.717) is 37.6 Å². The fourth-order valence-electron chi connectivity index (χ4n) is 1.46. The number of hydrogen-bond acceptors (Lipinski definition) is 3. The second-order valence-corrected chi connectivity index (χ2v) is 5.49. The quantitative estimate of drug-likeness (QED) is 0.585. The second-order valence-electron chi connectivity index (χ2n) is 3.91. The zero-order valence-corrected chi connectivity index (χ0v) is 13.1. The van der Waals surface area contributed by atoms with Crippen molar-refractivity contribution < 1.29 is 0 Å². The standard InChI is InChI=1S/C12H9Cl4N3/c1-5-11(16)17-6(2)18-12(5)19-10-4-8(14)7(13)3-9(10)15/h3-4H,1-2H3,(H,17,18,19). The minimum atomic E-state index is 0.394. The Labute approximate surface area is 130 Å². The molecule has 0 aliphatic carbocycles. The fraction of sp³-hybridized carbons (Fsp3) is 0.167. The first-order valence-corrected chi connectivity index (χ1v) is 6.82. The van der Waals surface area contributed by atoms with Crippen LogP contribution >= 0.6 is 46.4 Å². The van der Waals surface area contributed by atoms with E-state index in [0.717, 1.165) is 5.56 Å². The first-order valence-electron chi connectivity index (χ1n) is 5.31. The third kappa shape index (κ3) is 3.23. The summed E-state index contributed by atoms with van der Waals surface area (Å²) in [5, 5.41) is 4.72. The van der Waals surface area contributed by atoms with Gasteiger partial charge in [0.15, 0.2) is 0 Å². The van der Waals surface area contributed by atoms with Gasteiger partial charge in [0.05, 0.1) is 20.8 Å². The average molecular weight is 337 g/mol. The Kier molecular flexibility index (Phi) is 4.41. The lowest BCUT2D eigenvalue weighted by molar-refractivity contribution is 1.04. The van der Waals surface area contributed by atoms with Crippen molar-refractivity contribution in [3.05, 3.63) is 43.7 Å². The molecule has 1 N–H and O–H groups in total. The summed E-state index contributed by atoms with van der Waals surface area (Å²) < 4.78 is 0. The van der Waals surface area contributed by atoms with Crippen LogP contribution in [0.2, 0.25) is 20.2 Å². The normalized spacial score (nSPS) is 10.6. The molecule has 7 heteroatoms. The van der Waals surface area contributed by atoms with Crippen molar-refractivity contribution in [1.29, 1.82) is 0 Å². The van der Waals surface area contributed by atoms with Gasteiger partial charge in [-0.25, -0.2) is 9.97 Å². The highest BCUT2D eigenvalue weighted by atomic mass is 35.5. The zero-order valence-electron chi connectivity index (χ0n) is 10.1. The molecule has 3 nitrogen and oxygen atoms in total. The highest BCUT2D eigenvalue weighted by Gasteiger charge is 2.11. The predicted octanol–water partition coefficient (Wildman–Crippen LogP) is 5.45. The van der Waals surface area contributed by atoms with Crippen molar-refractivity contribution in [2.24, 2.45) is 0 Å². The molecule has 0 saturated heterocycles. The van der Waals surface area contributed by atoms with Gasteiger partial charge in [0.1, 0.15) is 16.8 Å². The Morgan fingerprint density at radius 2 is 1.53 bits per heavy atom. The number of nitrogens with zero attached hydrogens (tertiary/aromatic N) is 2. The van der Waals surface area contributed by atoms with Crippen LogP contribution in [0.15, 0.2) is 12.1 Å². The lowest BCUT2D eigenvalue weighted by Crippen LogP contribution is -2.01. The number of hydrogen-bond donors (Lipinski definition) is 1. The van der Waals surface area contributed by atoms with E-state index >= 15 is 0 Å². The summed E-state index contributed by atoms with van der Waals surface area (Å²) in [6.07, 6.45) is 0. The monoisotopic (exact) mass is 335 g/mol. The number of rotatable bonds is 2. The molecule has 1 heterocycles. The molecular weight excluding hydrogens is 328 g/mol. The molecule has 0 spiro atoms. The van der Waals surface area contributed by atoms with Crippen LogP contribution in [0.3, 0.4) is 0 Å². The first kappa shape index (κ1) is 14.7. The van der Waals surface area contributed by atoms with Crippen LogP contribution in [-0.4, -0.2) is 9.97 Å². The van der Waals surface area contributed by atoms with Gasteiger partial charge in [0, 0.05) is 5.56 Å². The lowest BCUT2D eigenvalue weighted by Gasteiger charge is -2.12. The molecule has 0 unspecified atom stereocenters. The second kappa shape index (κ2) is 5.71. The first-order chi connectivity index (χ1) is 8.88. The maximum atomic E-state index is 6.10. The van der Waals surface area contributed by atoms with Crippen molar-refractivity contribution in [3.63, 3.8) is 0 Å². The van der Waals surface area contributed by atoms with Crippen LogP contribution in [-0.2, 0) is 0 Å². The SMILES string of the molecule is Cc1nc(Cl)c(C)c(Nc2cc(Cl)c(Cl)cc2Cl)n1. The van der Waals surface area contributed by atoms with Gasteiger partial charge in [0.25, 0.3) is 0 Å². The van der Waals surface area contributed by atoms with E-state index in [2.05, 4.69) is 15.3 Å². The van der Waals surface area contributed by atoms with Crippen molar-refractivity contribution in [1.82, 2.24) is 9.97 Å². The molecule has 0 aliphatic rings. The van der Waals surface area contributed by atoms with Gasteiger partial charge in [-0.05, 0) is 26.0 Å². The minimum Gasteiger partial charge on any atom is -0.339 e. The van der Waals surface area contributed by atoms with Crippen molar-refractivity contribution in [3.8, 4) is 0 Å². The van der Waals surface area contributed by atoms with Gasteiger partial charge in [0.2, 0.25) is 0 Å². The largest absolute Gasteiger partial charge is 0.339 e. The summed E-state index contributed by atoms with van der Waals surface area (Å²) in [5.41, 5.74) is 1.34. The third-order valence-corrected chi connectivity index (χ3v) is 3.86. The van der Waals surface area contributed by atoms with E-state index < -0.39 is 0 Å². The van der Waals surface area contributed by atoms with Crippen LogP contribution in [0.5, 0.6) is 0 Å². The van der Waals surface area contributed by atoms with Crippen LogP contribution in [0, 0.1) is 13.8 Å². The molecule has 0 fully saturated rings. The Morgan fingerprint density at radius 1 is 0.895 bits per heavy atom. The van der Waals surface area contributed by atoms with Crippen LogP contribution < -0.4 is 5.32 Å². The number of nitrogens with one attached hydrogen (secondary N) is 1. The third-order valence-electron chi connectivity index (χ3n) is 2.46. The molecule has 0 bridgehead atoms. The number of benzene rings is 1. The van der Waals surface area contributed by atoms with Crippen LogP contribution in [0.4, 0.5) is 11.5 Å². The van der Waals surface area contributed by atoms with E-state index in [4.69, 9.17) is 46.4 Å². The number of anilines is 2. The van der Waals surface area contributed by atoms with Crippen LogP contribution in [0.1, 0.15) is 11.4 Å². The molecular formula is C12H9Cl4N3. The zero-order chi connectivity index (χ0) is 14.2. The van der Waals surface area contributed by atoms with Gasteiger partial charge < -0.3 is 5.32 Å². The fourth-order valence-corrected chi connectivity index (χ4v) is 2.27. The molecule has 2 aromatic rings. The summed E-state index contributed by atoms with van der Waals surface area (Å²) in [4.78, 5) is 8.34. The van der Waals surface area contributed by atoms with Gasteiger partial charge in [-0.3, -0.25) is 0 Å². The number of aromatic nitrogens is 2. The highest BCUT2D eigenvalue weighted by molar-refractivity contribution is 6.44. The van der Waals surface area contributed by atoms with E-state index in [9.17, 15) is 0 Å². The average Bonchev–Trinajstić information content (AvgIpc) is 2.32.